The maximum atomic E-state index is 12.7. The number of rotatable bonds is 5. The Bertz CT molecular complexity index is 1140. The van der Waals surface area contributed by atoms with Gasteiger partial charge in [0.05, 0.1) is 22.6 Å². The molecule has 0 aliphatic rings. The van der Waals surface area contributed by atoms with Gasteiger partial charge in [0.25, 0.3) is 5.56 Å². The minimum atomic E-state index is -0.797. The average molecular weight is 397 g/mol. The normalized spacial score (nSPS) is 12.2. The van der Waals surface area contributed by atoms with Gasteiger partial charge in [0.15, 0.2) is 11.9 Å². The summed E-state index contributed by atoms with van der Waals surface area (Å²) in [7, 11) is 0. The van der Waals surface area contributed by atoms with E-state index in [-0.39, 0.29) is 23.2 Å². The second-order valence-electron chi connectivity index (χ2n) is 7.09. The van der Waals surface area contributed by atoms with Crippen LogP contribution in [0.1, 0.15) is 64.8 Å². The van der Waals surface area contributed by atoms with Gasteiger partial charge in [0.2, 0.25) is 0 Å². The molecule has 1 unspecified atom stereocenters. The second-order valence-corrected chi connectivity index (χ2v) is 7.09. The highest BCUT2D eigenvalue weighted by atomic mass is 16.5. The molecule has 0 fully saturated rings. The van der Waals surface area contributed by atoms with E-state index in [1.807, 2.05) is 0 Å². The highest BCUT2D eigenvalue weighted by Gasteiger charge is 2.26. The number of fused-ring (bicyclic) bond motifs is 1. The van der Waals surface area contributed by atoms with Gasteiger partial charge >= 0.3 is 11.9 Å². The summed E-state index contributed by atoms with van der Waals surface area (Å²) in [4.78, 5) is 47.1. The van der Waals surface area contributed by atoms with E-state index in [1.165, 1.54) is 0 Å². The molecule has 0 aliphatic carbocycles. The van der Waals surface area contributed by atoms with Crippen LogP contribution in [0.3, 0.4) is 0 Å². The first kappa shape index (κ1) is 20.3. The van der Waals surface area contributed by atoms with Gasteiger partial charge in [-0.15, -0.1) is 0 Å². The molecule has 8 nitrogen and oxygen atoms in total. The fourth-order valence-electron chi connectivity index (χ4n) is 3.11. The van der Waals surface area contributed by atoms with E-state index in [0.717, 1.165) is 0 Å². The van der Waals surface area contributed by atoms with Crippen LogP contribution in [0.25, 0.3) is 10.9 Å². The number of carbonyl (C=O) groups excluding carboxylic acids is 2. The van der Waals surface area contributed by atoms with Gasteiger partial charge in [-0.1, -0.05) is 12.1 Å². The molecule has 1 aromatic carbocycles. The van der Waals surface area contributed by atoms with Crippen molar-refractivity contribution in [3.63, 3.8) is 0 Å². The van der Waals surface area contributed by atoms with E-state index in [0.29, 0.717) is 27.7 Å². The largest absolute Gasteiger partial charge is 0.459 e. The molecule has 2 heterocycles. The number of para-hydroxylation sites is 1. The summed E-state index contributed by atoms with van der Waals surface area (Å²) in [6.45, 7) is 8.46. The zero-order chi connectivity index (χ0) is 21.3. The third-order valence-electron chi connectivity index (χ3n) is 4.49. The number of carbonyl (C=O) groups is 2. The van der Waals surface area contributed by atoms with Crippen LogP contribution >= 0.6 is 0 Å². The summed E-state index contributed by atoms with van der Waals surface area (Å²) in [5.41, 5.74) is 1.65. The van der Waals surface area contributed by atoms with Crippen molar-refractivity contribution in [2.45, 2.75) is 46.8 Å². The van der Waals surface area contributed by atoms with Crippen LogP contribution < -0.4 is 5.56 Å². The molecule has 152 valence electrons. The fourth-order valence-corrected chi connectivity index (χ4v) is 3.11. The number of benzene rings is 1. The predicted molar refractivity (Wildman–Crippen MR) is 107 cm³/mol. The van der Waals surface area contributed by atoms with Gasteiger partial charge < -0.3 is 19.4 Å². The molecule has 2 aromatic heterocycles. The number of esters is 2. The van der Waals surface area contributed by atoms with Crippen LogP contribution in [-0.4, -0.2) is 33.0 Å². The maximum Gasteiger partial charge on any atom is 0.355 e. The van der Waals surface area contributed by atoms with Crippen LogP contribution in [0.2, 0.25) is 0 Å². The van der Waals surface area contributed by atoms with Crippen molar-refractivity contribution < 1.29 is 19.1 Å². The van der Waals surface area contributed by atoms with E-state index in [4.69, 9.17) is 9.47 Å². The molecule has 8 heteroatoms. The number of nitrogens with zero attached hydrogens (tertiary/aromatic N) is 1. The standard InChI is InChI=1S/C21H23N3O5/c1-10(2)28-20(26)16-11(3)17(22-12(16)4)21(27)29-13(5)18-23-15-9-7-6-8-14(15)19(25)24-18/h6-10,13,22H,1-5H3,(H,23,24,25). The molecule has 0 spiro atoms. The third kappa shape index (κ3) is 4.06. The van der Waals surface area contributed by atoms with Crippen LogP contribution in [-0.2, 0) is 9.47 Å². The maximum absolute atomic E-state index is 12.7. The van der Waals surface area contributed by atoms with Crippen molar-refractivity contribution in [1.82, 2.24) is 15.0 Å². The van der Waals surface area contributed by atoms with Crippen molar-refractivity contribution in [2.24, 2.45) is 0 Å². The molecule has 3 rings (SSSR count). The van der Waals surface area contributed by atoms with E-state index in [9.17, 15) is 14.4 Å². The lowest BCUT2D eigenvalue weighted by molar-refractivity contribution is 0.0312. The SMILES string of the molecule is Cc1[nH]c(C(=O)OC(C)c2nc3ccccc3c(=O)[nH]2)c(C)c1C(=O)OC(C)C. The Labute approximate surface area is 167 Å². The number of hydrogen-bond acceptors (Lipinski definition) is 6. The van der Waals surface area contributed by atoms with E-state index >= 15 is 0 Å². The van der Waals surface area contributed by atoms with Crippen LogP contribution in [0, 0.1) is 13.8 Å². The molecule has 2 N–H and O–H groups in total. The summed E-state index contributed by atoms with van der Waals surface area (Å²) >= 11 is 0. The lowest BCUT2D eigenvalue weighted by Crippen LogP contribution is -2.18. The number of hydrogen-bond donors (Lipinski definition) is 2. The number of ether oxygens (including phenoxy) is 2. The minimum Gasteiger partial charge on any atom is -0.459 e. The zero-order valence-corrected chi connectivity index (χ0v) is 17.0. The quantitative estimate of drug-likeness (QED) is 0.638. The van der Waals surface area contributed by atoms with Crippen molar-refractivity contribution in [3.05, 3.63) is 63.0 Å². The molecular weight excluding hydrogens is 374 g/mol. The molecule has 0 saturated heterocycles. The number of H-pyrrole nitrogens is 2. The Morgan fingerprint density at radius 1 is 1.00 bits per heavy atom. The first-order valence-corrected chi connectivity index (χ1v) is 9.29. The first-order chi connectivity index (χ1) is 13.7. The Morgan fingerprint density at radius 2 is 1.69 bits per heavy atom. The van der Waals surface area contributed by atoms with E-state index < -0.39 is 18.0 Å². The Hall–Kier alpha value is -3.42. The Morgan fingerprint density at radius 3 is 2.38 bits per heavy atom. The number of aryl methyl sites for hydroxylation is 1. The summed E-state index contributed by atoms with van der Waals surface area (Å²) in [5, 5.41) is 0.457. The molecular formula is C21H23N3O5. The minimum absolute atomic E-state index is 0.160. The molecule has 1 atom stereocenters. The van der Waals surface area contributed by atoms with E-state index in [2.05, 4.69) is 15.0 Å². The molecule has 0 bridgehead atoms. The first-order valence-electron chi connectivity index (χ1n) is 9.29. The molecule has 0 aliphatic heterocycles. The Balaban J connectivity index is 1.85. The highest BCUT2D eigenvalue weighted by Crippen LogP contribution is 2.23. The molecule has 3 aromatic rings. The van der Waals surface area contributed by atoms with Gasteiger partial charge in [0, 0.05) is 5.69 Å². The third-order valence-corrected chi connectivity index (χ3v) is 4.49. The summed E-state index contributed by atoms with van der Waals surface area (Å²) in [6.07, 6.45) is -1.07. The van der Waals surface area contributed by atoms with Crippen LogP contribution in [0.4, 0.5) is 0 Å². The topological polar surface area (TPSA) is 114 Å². The summed E-state index contributed by atoms with van der Waals surface area (Å²) < 4.78 is 10.7. The van der Waals surface area contributed by atoms with Crippen LogP contribution in [0.5, 0.6) is 0 Å². The van der Waals surface area contributed by atoms with Crippen molar-refractivity contribution in [1.29, 1.82) is 0 Å². The van der Waals surface area contributed by atoms with E-state index in [1.54, 1.807) is 58.9 Å². The fraction of sp³-hybridized carbons (Fsp3) is 0.333. The molecule has 29 heavy (non-hydrogen) atoms. The molecule has 0 amide bonds. The average Bonchev–Trinajstić information content (AvgIpc) is 2.95. The summed E-state index contributed by atoms with van der Waals surface area (Å²) in [5.74, 6) is -0.918. The summed E-state index contributed by atoms with van der Waals surface area (Å²) in [6, 6.07) is 6.91. The van der Waals surface area contributed by atoms with Crippen LogP contribution in [0.15, 0.2) is 29.1 Å². The van der Waals surface area contributed by atoms with Gasteiger partial charge in [-0.25, -0.2) is 14.6 Å². The zero-order valence-electron chi connectivity index (χ0n) is 17.0. The van der Waals surface area contributed by atoms with Crippen molar-refractivity contribution in [2.75, 3.05) is 0 Å². The number of nitrogens with one attached hydrogen (secondary N) is 2. The monoisotopic (exact) mass is 397 g/mol. The van der Waals surface area contributed by atoms with Crippen molar-refractivity contribution >= 4 is 22.8 Å². The number of aromatic nitrogens is 3. The molecule has 0 saturated carbocycles. The highest BCUT2D eigenvalue weighted by molar-refractivity contribution is 5.98. The lowest BCUT2D eigenvalue weighted by Gasteiger charge is -2.13. The Kier molecular flexibility index (Phi) is 5.54. The predicted octanol–water partition coefficient (Wildman–Crippen LogP) is 3.35. The number of aromatic amines is 2. The smallest absolute Gasteiger partial charge is 0.355 e. The lowest BCUT2D eigenvalue weighted by atomic mass is 10.1. The van der Waals surface area contributed by atoms with Gasteiger partial charge in [-0.05, 0) is 52.3 Å². The van der Waals surface area contributed by atoms with Gasteiger partial charge in [-0.2, -0.15) is 0 Å². The molecule has 0 radical (unpaired) electrons. The van der Waals surface area contributed by atoms with Crippen molar-refractivity contribution in [3.8, 4) is 0 Å². The van der Waals surface area contributed by atoms with Gasteiger partial charge in [0.1, 0.15) is 5.69 Å². The van der Waals surface area contributed by atoms with Gasteiger partial charge in [-0.3, -0.25) is 4.79 Å². The second kappa shape index (κ2) is 7.90.